The highest BCUT2D eigenvalue weighted by Gasteiger charge is 2.44. The van der Waals surface area contributed by atoms with Crippen molar-refractivity contribution < 1.29 is 36.0 Å². The first kappa shape index (κ1) is 24.1. The number of carbonyl (C=O) groups excluding carboxylic acids is 1. The molecule has 1 aromatic carbocycles. The van der Waals surface area contributed by atoms with Crippen molar-refractivity contribution in [3.05, 3.63) is 58.3 Å². The van der Waals surface area contributed by atoms with Crippen LogP contribution >= 0.6 is 0 Å². The van der Waals surface area contributed by atoms with Crippen LogP contribution in [0.5, 0.6) is 5.75 Å². The molecule has 31 heavy (non-hydrogen) atoms. The first-order valence-corrected chi connectivity index (χ1v) is 10.2. The molecule has 0 aliphatic rings. The van der Waals surface area contributed by atoms with Crippen molar-refractivity contribution in [2.75, 3.05) is 13.2 Å². The molecular weight excluding hydrogens is 443 g/mol. The van der Waals surface area contributed by atoms with Crippen molar-refractivity contribution in [1.29, 1.82) is 0 Å². The van der Waals surface area contributed by atoms with Crippen LogP contribution in [0.25, 0.3) is 0 Å². The maximum Gasteiger partial charge on any atom is 0.417 e. The number of carbonyl (C=O) groups is 1. The fourth-order valence-electron chi connectivity index (χ4n) is 2.30. The van der Waals surface area contributed by atoms with Gasteiger partial charge in [0.05, 0.1) is 17.0 Å². The molecule has 0 aliphatic heterocycles. The lowest BCUT2D eigenvalue weighted by Gasteiger charge is -2.23. The van der Waals surface area contributed by atoms with Crippen LogP contribution in [0.15, 0.2) is 47.6 Å². The van der Waals surface area contributed by atoms with E-state index in [0.29, 0.717) is 24.1 Å². The summed E-state index contributed by atoms with van der Waals surface area (Å²) in [6.45, 7) is 2.07. The lowest BCUT2D eigenvalue weighted by atomic mass is 10.2. The minimum atomic E-state index is -4.67. The molecule has 0 radical (unpaired) electrons. The average molecular weight is 461 g/mol. The zero-order valence-corrected chi connectivity index (χ0v) is 17.2. The number of non-ortho nitro benzene ring substituents is 1. The molecule has 0 fully saturated rings. The number of sulfone groups is 1. The maximum atomic E-state index is 12.7. The fourth-order valence-corrected chi connectivity index (χ4v) is 3.58. The highest BCUT2D eigenvalue weighted by Crippen LogP contribution is 2.30. The fraction of sp³-hybridized carbons (Fsp3) is 0.333. The summed E-state index contributed by atoms with van der Waals surface area (Å²) in [5.74, 6) is -0.595. The Hall–Kier alpha value is -3.22. The summed E-state index contributed by atoms with van der Waals surface area (Å²) in [4.78, 5) is 25.8. The van der Waals surface area contributed by atoms with E-state index in [-0.39, 0.29) is 18.8 Å². The van der Waals surface area contributed by atoms with Gasteiger partial charge in [-0.05, 0) is 38.1 Å². The summed E-state index contributed by atoms with van der Waals surface area (Å²) >= 11 is 0. The summed E-state index contributed by atoms with van der Waals surface area (Å²) in [5.41, 5.74) is -1.23. The number of hydrogen-bond acceptors (Lipinski definition) is 7. The van der Waals surface area contributed by atoms with Crippen LogP contribution in [0.4, 0.5) is 18.9 Å². The molecular formula is C18H18F3N3O6S. The van der Waals surface area contributed by atoms with Gasteiger partial charge in [-0.15, -0.1) is 0 Å². The molecule has 13 heteroatoms. The number of pyridine rings is 1. The normalized spacial score (nSPS) is 12.3. The number of amides is 1. The summed E-state index contributed by atoms with van der Waals surface area (Å²) < 4.78 is 66.6. The minimum absolute atomic E-state index is 0.0573. The molecule has 1 heterocycles. The second kappa shape index (κ2) is 8.88. The first-order chi connectivity index (χ1) is 14.3. The van der Waals surface area contributed by atoms with E-state index in [1.807, 2.05) is 0 Å². The quantitative estimate of drug-likeness (QED) is 0.364. The van der Waals surface area contributed by atoms with Crippen molar-refractivity contribution in [2.45, 2.75) is 29.8 Å². The van der Waals surface area contributed by atoms with Gasteiger partial charge in [0.1, 0.15) is 12.4 Å². The number of hydrogen-bond donors (Lipinski definition) is 1. The smallest absolute Gasteiger partial charge is 0.417 e. The van der Waals surface area contributed by atoms with Crippen molar-refractivity contribution in [2.24, 2.45) is 0 Å². The van der Waals surface area contributed by atoms with Gasteiger partial charge >= 0.3 is 6.18 Å². The summed E-state index contributed by atoms with van der Waals surface area (Å²) in [6, 6.07) is 6.48. The molecule has 2 aromatic rings. The molecule has 1 aromatic heterocycles. The molecule has 0 spiro atoms. The molecule has 168 valence electrons. The van der Waals surface area contributed by atoms with E-state index in [0.717, 1.165) is 13.8 Å². The van der Waals surface area contributed by atoms with Crippen LogP contribution in [-0.4, -0.2) is 42.1 Å². The van der Waals surface area contributed by atoms with Gasteiger partial charge in [-0.1, -0.05) is 0 Å². The van der Waals surface area contributed by atoms with Crippen molar-refractivity contribution in [1.82, 2.24) is 10.3 Å². The number of nitrogens with one attached hydrogen (secondary N) is 1. The molecule has 1 amide bonds. The number of halogens is 3. The van der Waals surface area contributed by atoms with Crippen LogP contribution in [0.2, 0.25) is 0 Å². The number of aromatic nitrogens is 1. The van der Waals surface area contributed by atoms with Gasteiger partial charge in [0.25, 0.3) is 5.69 Å². The topological polar surface area (TPSA) is 128 Å². The third kappa shape index (κ3) is 5.48. The average Bonchev–Trinajstić information content (AvgIpc) is 2.70. The molecule has 0 aliphatic carbocycles. The molecule has 0 saturated carbocycles. The van der Waals surface area contributed by atoms with E-state index in [1.54, 1.807) is 0 Å². The Morgan fingerprint density at radius 1 is 1.16 bits per heavy atom. The third-order valence-electron chi connectivity index (χ3n) is 4.26. The van der Waals surface area contributed by atoms with E-state index in [4.69, 9.17) is 4.74 Å². The number of rotatable bonds is 8. The Morgan fingerprint density at radius 3 is 2.26 bits per heavy atom. The van der Waals surface area contributed by atoms with Crippen LogP contribution in [0.1, 0.15) is 19.4 Å². The number of nitrogens with zero attached hydrogens (tertiary/aromatic N) is 2. The highest BCUT2D eigenvalue weighted by atomic mass is 32.2. The Bertz CT molecular complexity index is 1050. The molecule has 0 bridgehead atoms. The lowest BCUT2D eigenvalue weighted by molar-refractivity contribution is -0.384. The largest absolute Gasteiger partial charge is 0.492 e. The van der Waals surface area contributed by atoms with Gasteiger partial charge < -0.3 is 10.1 Å². The van der Waals surface area contributed by atoms with Gasteiger partial charge in [0, 0.05) is 18.3 Å². The molecule has 0 unspecified atom stereocenters. The van der Waals surface area contributed by atoms with E-state index in [2.05, 4.69) is 10.3 Å². The minimum Gasteiger partial charge on any atom is -0.492 e. The number of benzene rings is 1. The third-order valence-corrected chi connectivity index (χ3v) is 6.58. The van der Waals surface area contributed by atoms with Gasteiger partial charge in [-0.25, -0.2) is 13.4 Å². The lowest BCUT2D eigenvalue weighted by Crippen LogP contribution is -2.49. The number of nitro benzene ring substituents is 1. The van der Waals surface area contributed by atoms with Crippen LogP contribution in [0, 0.1) is 10.1 Å². The molecule has 0 saturated heterocycles. The predicted molar refractivity (Wildman–Crippen MR) is 102 cm³/mol. The van der Waals surface area contributed by atoms with Crippen molar-refractivity contribution in [3.8, 4) is 5.75 Å². The molecule has 2 rings (SSSR count). The second-order valence-electron chi connectivity index (χ2n) is 6.75. The van der Waals surface area contributed by atoms with Crippen LogP contribution in [-0.2, 0) is 20.8 Å². The van der Waals surface area contributed by atoms with Gasteiger partial charge in [-0.2, -0.15) is 13.2 Å². The number of alkyl halides is 3. The van der Waals surface area contributed by atoms with Gasteiger partial charge in [0.15, 0.2) is 9.77 Å². The Labute approximate surface area is 175 Å². The number of ether oxygens (including phenoxy) is 1. The van der Waals surface area contributed by atoms with Crippen molar-refractivity contribution in [3.63, 3.8) is 0 Å². The zero-order valence-electron chi connectivity index (χ0n) is 16.3. The Balaban J connectivity index is 1.98. The van der Waals surface area contributed by atoms with Crippen LogP contribution in [0.3, 0.4) is 0 Å². The van der Waals surface area contributed by atoms with Gasteiger partial charge in [-0.3, -0.25) is 14.9 Å². The Kier molecular flexibility index (Phi) is 6.89. The van der Waals surface area contributed by atoms with E-state index in [9.17, 15) is 36.5 Å². The Morgan fingerprint density at radius 2 is 1.77 bits per heavy atom. The van der Waals surface area contributed by atoms with E-state index in [1.165, 1.54) is 24.3 Å². The predicted octanol–water partition coefficient (Wildman–Crippen LogP) is 2.76. The monoisotopic (exact) mass is 461 g/mol. The SMILES string of the molecule is CC(C)(C(=O)NCCOc1ccc([N+](=O)[O-])cc1)S(=O)(=O)c1ccc(C(F)(F)F)cn1. The molecule has 0 atom stereocenters. The summed E-state index contributed by atoms with van der Waals surface area (Å²) in [7, 11) is -4.40. The maximum absolute atomic E-state index is 12.7. The van der Waals surface area contributed by atoms with E-state index >= 15 is 0 Å². The molecule has 9 nitrogen and oxygen atoms in total. The zero-order chi connectivity index (χ0) is 23.4. The van der Waals surface area contributed by atoms with Crippen LogP contribution < -0.4 is 10.1 Å². The van der Waals surface area contributed by atoms with Gasteiger partial charge in [0.2, 0.25) is 15.7 Å². The first-order valence-electron chi connectivity index (χ1n) is 8.70. The summed E-state index contributed by atoms with van der Waals surface area (Å²) in [5, 5.41) is 12.3. The van der Waals surface area contributed by atoms with E-state index < -0.39 is 42.2 Å². The second-order valence-corrected chi connectivity index (χ2v) is 9.20. The summed E-state index contributed by atoms with van der Waals surface area (Å²) in [6.07, 6.45) is -4.29. The standard InChI is InChI=1S/C18H18F3N3O6S/c1-17(2,31(28,29)15-8-3-12(11-23-15)18(19,20)21)16(25)22-9-10-30-14-6-4-13(5-7-14)24(26)27/h3-8,11H,9-10H2,1-2H3,(H,22,25). The van der Waals surface area contributed by atoms with Crippen molar-refractivity contribution >= 4 is 21.4 Å². The highest BCUT2D eigenvalue weighted by molar-refractivity contribution is 7.93. The number of nitro groups is 1. The molecule has 1 N–H and O–H groups in total.